The molecule has 2 unspecified atom stereocenters. The van der Waals surface area contributed by atoms with Crippen molar-refractivity contribution in [3.05, 3.63) is 72.1 Å². The first-order chi connectivity index (χ1) is 12.9. The van der Waals surface area contributed by atoms with Crippen LogP contribution in [0.25, 0.3) is 22.5 Å². The van der Waals surface area contributed by atoms with Crippen molar-refractivity contribution < 1.29 is 30.3 Å². The largest absolute Gasteiger partial charge is 0.393 e. The maximum absolute atomic E-state index is 8.56. The Bertz CT molecular complexity index is 846. The molecule has 1 radical (unpaired) electrons. The van der Waals surface area contributed by atoms with Gasteiger partial charge in [-0.3, -0.25) is 4.98 Å². The summed E-state index contributed by atoms with van der Waals surface area (Å²) in [5, 5.41) is 17.1. The topological polar surface area (TPSA) is 66.2 Å². The number of hydrogen-bond donors (Lipinski definition) is 2. The van der Waals surface area contributed by atoms with E-state index in [0.717, 1.165) is 28.1 Å². The normalized spacial score (nSPS) is 12.2. The molecule has 28 heavy (non-hydrogen) atoms. The molecule has 1 aromatic heterocycles. The summed E-state index contributed by atoms with van der Waals surface area (Å²) in [6, 6.07) is 19.4. The summed E-state index contributed by atoms with van der Waals surface area (Å²) < 4.78 is 0. The second-order valence-corrected chi connectivity index (χ2v) is 6.72. The number of rotatable bonds is 4. The number of aliphatic hydroxyl groups excluding tert-OH is 2. The predicted octanol–water partition coefficient (Wildman–Crippen LogP) is 4.36. The van der Waals surface area contributed by atoms with Crippen LogP contribution in [0.1, 0.15) is 31.4 Å². The van der Waals surface area contributed by atoms with Crippen molar-refractivity contribution in [1.29, 1.82) is 0 Å². The van der Waals surface area contributed by atoms with Crippen molar-refractivity contribution >= 4 is 0 Å². The van der Waals surface area contributed by atoms with Gasteiger partial charge in [0.15, 0.2) is 0 Å². The van der Waals surface area contributed by atoms with E-state index in [4.69, 9.17) is 10.2 Å². The van der Waals surface area contributed by atoms with Crippen molar-refractivity contribution in [3.63, 3.8) is 0 Å². The van der Waals surface area contributed by atoms with E-state index in [2.05, 4.69) is 42.0 Å². The molecule has 0 aliphatic heterocycles. The molecule has 0 aliphatic carbocycles. The van der Waals surface area contributed by atoms with Crippen LogP contribution in [0.3, 0.4) is 0 Å². The van der Waals surface area contributed by atoms with Gasteiger partial charge in [-0.2, -0.15) is 0 Å². The monoisotopic (exact) mass is 556 g/mol. The summed E-state index contributed by atoms with van der Waals surface area (Å²) in [4.78, 5) is 8.89. The molecular weight excluding hydrogens is 528 g/mol. The molecule has 2 N–H and O–H groups in total. The third kappa shape index (κ3) is 6.92. The second-order valence-electron chi connectivity index (χ2n) is 6.72. The van der Waals surface area contributed by atoms with E-state index in [1.807, 2.05) is 36.4 Å². The van der Waals surface area contributed by atoms with Gasteiger partial charge in [-0.05, 0) is 50.9 Å². The molecule has 0 saturated carbocycles. The van der Waals surface area contributed by atoms with Crippen molar-refractivity contribution in [3.8, 4) is 22.5 Å². The Balaban J connectivity index is 0.000000425. The van der Waals surface area contributed by atoms with Gasteiger partial charge in [0, 0.05) is 25.7 Å². The van der Waals surface area contributed by atoms with Crippen LogP contribution in [-0.2, 0) is 20.1 Å². The molecule has 0 bridgehead atoms. The van der Waals surface area contributed by atoms with Gasteiger partial charge in [-0.1, -0.05) is 24.3 Å². The molecule has 3 rings (SSSR count). The van der Waals surface area contributed by atoms with E-state index in [0.29, 0.717) is 6.42 Å². The standard InChI is InChI=1S/C18H15N2.C5H12O2.Ir/c1-13-8-6-7-11-16(13)18-14(2)17(19-12-20-18)15-9-4-3-5-10-15;1-4(6)3-5(2)7;/h3-9,11-12H,1-2H3;4-7H,3H2,1-2H3;/q-1;;. The van der Waals surface area contributed by atoms with Gasteiger partial charge in [-0.25, -0.2) is 4.98 Å². The fourth-order valence-electron chi connectivity index (χ4n) is 2.87. The van der Waals surface area contributed by atoms with E-state index in [-0.39, 0.29) is 32.3 Å². The molecule has 0 spiro atoms. The third-order valence-electron chi connectivity index (χ3n) is 4.13. The van der Waals surface area contributed by atoms with Gasteiger partial charge in [-0.15, -0.1) is 35.9 Å². The van der Waals surface area contributed by atoms with E-state index in [1.165, 1.54) is 5.56 Å². The summed E-state index contributed by atoms with van der Waals surface area (Å²) in [5.74, 6) is 0. The van der Waals surface area contributed by atoms with Crippen LogP contribution in [0.15, 0.2) is 54.9 Å². The van der Waals surface area contributed by atoms with Gasteiger partial charge >= 0.3 is 0 Å². The molecule has 0 saturated heterocycles. The van der Waals surface area contributed by atoms with Crippen LogP contribution in [0.2, 0.25) is 0 Å². The molecule has 2 aromatic carbocycles. The van der Waals surface area contributed by atoms with Gasteiger partial charge in [0.2, 0.25) is 0 Å². The first-order valence-corrected chi connectivity index (χ1v) is 9.11. The Morgan fingerprint density at radius 3 is 2.04 bits per heavy atom. The predicted molar refractivity (Wildman–Crippen MR) is 109 cm³/mol. The summed E-state index contributed by atoms with van der Waals surface area (Å²) in [7, 11) is 0. The van der Waals surface area contributed by atoms with Crippen molar-refractivity contribution in [1.82, 2.24) is 9.97 Å². The molecule has 4 nitrogen and oxygen atoms in total. The van der Waals surface area contributed by atoms with E-state index >= 15 is 0 Å². The zero-order valence-electron chi connectivity index (χ0n) is 16.7. The average Bonchev–Trinajstić information content (AvgIpc) is 2.63. The van der Waals surface area contributed by atoms with Crippen LogP contribution in [-0.4, -0.2) is 32.4 Å². The smallest absolute Gasteiger partial charge is 0.106 e. The fraction of sp³-hybridized carbons (Fsp3) is 0.304. The minimum Gasteiger partial charge on any atom is -0.393 e. The quantitative estimate of drug-likeness (QED) is 0.470. The summed E-state index contributed by atoms with van der Waals surface area (Å²) in [6.45, 7) is 7.49. The number of aliphatic hydroxyl groups is 2. The fourth-order valence-corrected chi connectivity index (χ4v) is 2.87. The molecule has 1 heterocycles. The molecule has 0 fully saturated rings. The molecule has 0 aliphatic rings. The van der Waals surface area contributed by atoms with Crippen LogP contribution < -0.4 is 0 Å². The molecule has 0 amide bonds. The third-order valence-corrected chi connectivity index (χ3v) is 4.13. The van der Waals surface area contributed by atoms with Gasteiger partial charge < -0.3 is 10.2 Å². The number of aryl methyl sites for hydroxylation is 1. The Hall–Kier alpha value is -1.91. The van der Waals surface area contributed by atoms with Crippen LogP contribution >= 0.6 is 0 Å². The Morgan fingerprint density at radius 2 is 1.50 bits per heavy atom. The van der Waals surface area contributed by atoms with E-state index in [9.17, 15) is 0 Å². The maximum Gasteiger partial charge on any atom is 0.106 e. The number of aromatic nitrogens is 2. The van der Waals surface area contributed by atoms with E-state index in [1.54, 1.807) is 20.2 Å². The van der Waals surface area contributed by atoms with Crippen molar-refractivity contribution in [2.45, 2.75) is 46.3 Å². The number of hydrogen-bond acceptors (Lipinski definition) is 4. The minimum absolute atomic E-state index is 0. The van der Waals surface area contributed by atoms with Crippen molar-refractivity contribution in [2.24, 2.45) is 0 Å². The first kappa shape index (κ1) is 24.1. The van der Waals surface area contributed by atoms with Crippen LogP contribution in [0.4, 0.5) is 0 Å². The average molecular weight is 556 g/mol. The zero-order chi connectivity index (χ0) is 19.8. The summed E-state index contributed by atoms with van der Waals surface area (Å²) in [6.07, 6.45) is 1.35. The number of nitrogens with zero attached hydrogens (tertiary/aromatic N) is 2. The number of benzene rings is 2. The van der Waals surface area contributed by atoms with Gasteiger partial charge in [0.05, 0.1) is 17.9 Å². The Labute approximate surface area is 181 Å². The first-order valence-electron chi connectivity index (χ1n) is 9.11. The maximum atomic E-state index is 8.56. The molecule has 5 heteroatoms. The minimum atomic E-state index is -0.375. The van der Waals surface area contributed by atoms with Crippen LogP contribution in [0, 0.1) is 19.9 Å². The Morgan fingerprint density at radius 1 is 0.893 bits per heavy atom. The summed E-state index contributed by atoms with van der Waals surface area (Å²) in [5.41, 5.74) is 6.40. The SMILES string of the molecule is CC(O)CC(C)O.Cc1ccccc1-c1ncnc(-c2[c-]cccc2)c1C.[Ir]. The molecule has 151 valence electrons. The van der Waals surface area contributed by atoms with Gasteiger partial charge in [0.25, 0.3) is 0 Å². The zero-order valence-corrected chi connectivity index (χ0v) is 19.1. The van der Waals surface area contributed by atoms with Crippen molar-refractivity contribution in [2.75, 3.05) is 0 Å². The molecule has 2 atom stereocenters. The van der Waals surface area contributed by atoms with Crippen LogP contribution in [0.5, 0.6) is 0 Å². The Kier molecular flexibility index (Phi) is 10.2. The summed E-state index contributed by atoms with van der Waals surface area (Å²) >= 11 is 0. The molecular formula is C23H27IrN2O2-. The van der Waals surface area contributed by atoms with Gasteiger partial charge in [0.1, 0.15) is 6.33 Å². The van der Waals surface area contributed by atoms with E-state index < -0.39 is 0 Å². The molecule has 3 aromatic rings. The second kappa shape index (κ2) is 11.8.